The van der Waals surface area contributed by atoms with E-state index in [9.17, 15) is 0 Å². The third-order valence-corrected chi connectivity index (χ3v) is 1.92. The van der Waals surface area contributed by atoms with E-state index in [2.05, 4.69) is 15.1 Å². The fraction of sp³-hybridized carbons (Fsp3) is 0.444. The zero-order valence-electron chi connectivity index (χ0n) is 8.74. The molecule has 0 saturated carbocycles. The molecule has 0 aliphatic carbocycles. The van der Waals surface area contributed by atoms with E-state index in [1.54, 1.807) is 10.9 Å². The first-order valence-corrected chi connectivity index (χ1v) is 4.88. The number of hydrogen-bond acceptors (Lipinski definition) is 3. The molecule has 2 heterocycles. The van der Waals surface area contributed by atoms with Gasteiger partial charge in [-0.25, -0.2) is 4.98 Å². The average molecular weight is 213 g/mol. The Balaban J connectivity index is 0.000000461. The summed E-state index contributed by atoms with van der Waals surface area (Å²) < 4.78 is 1.68. The van der Waals surface area contributed by atoms with Gasteiger partial charge in [0.05, 0.1) is 17.3 Å². The van der Waals surface area contributed by atoms with E-state index in [-0.39, 0.29) is 5.28 Å². The molecule has 4 nitrogen and oxygen atoms in total. The molecule has 14 heavy (non-hydrogen) atoms. The first kappa shape index (κ1) is 10.9. The Labute approximate surface area is 87.9 Å². The van der Waals surface area contributed by atoms with Gasteiger partial charge in [-0.2, -0.15) is 10.1 Å². The van der Waals surface area contributed by atoms with Gasteiger partial charge in [-0.1, -0.05) is 13.8 Å². The van der Waals surface area contributed by atoms with E-state index in [1.807, 2.05) is 27.8 Å². The van der Waals surface area contributed by atoms with Crippen molar-refractivity contribution in [2.75, 3.05) is 0 Å². The van der Waals surface area contributed by atoms with Crippen molar-refractivity contribution >= 4 is 22.6 Å². The molecule has 0 aliphatic heterocycles. The highest BCUT2D eigenvalue weighted by molar-refractivity contribution is 6.28. The van der Waals surface area contributed by atoms with Gasteiger partial charge in [0, 0.05) is 7.05 Å². The predicted molar refractivity (Wildman–Crippen MR) is 57.4 cm³/mol. The molecule has 0 bridgehead atoms. The third-order valence-electron chi connectivity index (χ3n) is 1.76. The van der Waals surface area contributed by atoms with Crippen LogP contribution in [-0.2, 0) is 7.05 Å². The van der Waals surface area contributed by atoms with Crippen LogP contribution in [-0.4, -0.2) is 19.7 Å². The van der Waals surface area contributed by atoms with Gasteiger partial charge in [0.1, 0.15) is 0 Å². The van der Waals surface area contributed by atoms with Crippen molar-refractivity contribution in [3.63, 3.8) is 0 Å². The topological polar surface area (TPSA) is 43.6 Å². The van der Waals surface area contributed by atoms with Crippen molar-refractivity contribution in [1.29, 1.82) is 0 Å². The van der Waals surface area contributed by atoms with Gasteiger partial charge in [0.15, 0.2) is 5.65 Å². The zero-order valence-corrected chi connectivity index (χ0v) is 9.50. The predicted octanol–water partition coefficient (Wildman–Crippen LogP) is 2.35. The molecule has 2 rings (SSSR count). The van der Waals surface area contributed by atoms with Crippen LogP contribution in [0.25, 0.3) is 11.0 Å². The molecule has 0 radical (unpaired) electrons. The SMILES string of the molecule is CC.Cc1nc(Cl)nc2c1cnn2C. The molecule has 2 aromatic heterocycles. The van der Waals surface area contributed by atoms with E-state index in [1.165, 1.54) is 0 Å². The van der Waals surface area contributed by atoms with Crippen molar-refractivity contribution in [2.45, 2.75) is 20.8 Å². The number of rotatable bonds is 0. The van der Waals surface area contributed by atoms with Crippen molar-refractivity contribution in [3.8, 4) is 0 Å². The molecule has 0 fully saturated rings. The highest BCUT2D eigenvalue weighted by Crippen LogP contribution is 2.15. The maximum absolute atomic E-state index is 5.69. The van der Waals surface area contributed by atoms with E-state index < -0.39 is 0 Å². The van der Waals surface area contributed by atoms with E-state index in [0.717, 1.165) is 16.7 Å². The number of nitrogens with zero attached hydrogens (tertiary/aromatic N) is 4. The first-order chi connectivity index (χ1) is 6.68. The molecule has 0 amide bonds. The van der Waals surface area contributed by atoms with Crippen LogP contribution in [0.4, 0.5) is 0 Å². The van der Waals surface area contributed by atoms with Gasteiger partial charge in [0.25, 0.3) is 0 Å². The van der Waals surface area contributed by atoms with Crippen LogP contribution in [0.1, 0.15) is 19.5 Å². The van der Waals surface area contributed by atoms with Gasteiger partial charge >= 0.3 is 0 Å². The second-order valence-corrected chi connectivity index (χ2v) is 2.92. The molecule has 0 saturated heterocycles. The van der Waals surface area contributed by atoms with Crippen LogP contribution in [0.2, 0.25) is 5.28 Å². The lowest BCUT2D eigenvalue weighted by atomic mass is 10.3. The minimum absolute atomic E-state index is 0.267. The van der Waals surface area contributed by atoms with Crippen molar-refractivity contribution in [1.82, 2.24) is 19.7 Å². The Kier molecular flexibility index (Phi) is 3.41. The lowest BCUT2D eigenvalue weighted by Crippen LogP contribution is -1.94. The number of fused-ring (bicyclic) bond motifs is 1. The molecule has 0 N–H and O–H groups in total. The molecule has 0 aliphatic rings. The maximum atomic E-state index is 5.69. The van der Waals surface area contributed by atoms with Crippen LogP contribution < -0.4 is 0 Å². The lowest BCUT2D eigenvalue weighted by molar-refractivity contribution is 0.785. The van der Waals surface area contributed by atoms with Gasteiger partial charge in [-0.3, -0.25) is 4.68 Å². The molecule has 5 heteroatoms. The summed E-state index contributed by atoms with van der Waals surface area (Å²) in [4.78, 5) is 8.07. The summed E-state index contributed by atoms with van der Waals surface area (Å²) in [7, 11) is 1.82. The van der Waals surface area contributed by atoms with E-state index in [0.29, 0.717) is 0 Å². The maximum Gasteiger partial charge on any atom is 0.224 e. The Bertz CT molecular complexity index is 436. The van der Waals surface area contributed by atoms with Crippen LogP contribution in [0.15, 0.2) is 6.20 Å². The largest absolute Gasteiger partial charge is 0.250 e. The minimum Gasteiger partial charge on any atom is -0.250 e. The molecule has 0 spiro atoms. The minimum atomic E-state index is 0.267. The van der Waals surface area contributed by atoms with Crippen molar-refractivity contribution in [3.05, 3.63) is 17.2 Å². The summed E-state index contributed by atoms with van der Waals surface area (Å²) >= 11 is 5.69. The van der Waals surface area contributed by atoms with Crippen LogP contribution in [0, 0.1) is 6.92 Å². The van der Waals surface area contributed by atoms with E-state index in [4.69, 9.17) is 11.6 Å². The fourth-order valence-corrected chi connectivity index (χ4v) is 1.34. The van der Waals surface area contributed by atoms with Crippen LogP contribution in [0.5, 0.6) is 0 Å². The van der Waals surface area contributed by atoms with Crippen LogP contribution in [0.3, 0.4) is 0 Å². The monoisotopic (exact) mass is 212 g/mol. The highest BCUT2D eigenvalue weighted by Gasteiger charge is 2.05. The number of aromatic nitrogens is 4. The number of halogens is 1. The number of hydrogen-bond donors (Lipinski definition) is 0. The highest BCUT2D eigenvalue weighted by atomic mass is 35.5. The Morgan fingerprint density at radius 1 is 1.29 bits per heavy atom. The Morgan fingerprint density at radius 2 is 1.93 bits per heavy atom. The Morgan fingerprint density at radius 3 is 2.57 bits per heavy atom. The molecule has 2 aromatic rings. The zero-order chi connectivity index (χ0) is 10.7. The number of aryl methyl sites for hydroxylation is 2. The summed E-state index contributed by atoms with van der Waals surface area (Å²) in [5, 5.41) is 5.27. The molecule has 0 aromatic carbocycles. The van der Waals surface area contributed by atoms with Crippen LogP contribution >= 0.6 is 11.6 Å². The lowest BCUT2D eigenvalue weighted by Gasteiger charge is -1.96. The summed E-state index contributed by atoms with van der Waals surface area (Å²) in [5.41, 5.74) is 1.63. The summed E-state index contributed by atoms with van der Waals surface area (Å²) in [6.45, 7) is 5.89. The molecular formula is C9H13ClN4. The molecule has 0 unspecified atom stereocenters. The Hall–Kier alpha value is -1.16. The second kappa shape index (κ2) is 4.37. The average Bonchev–Trinajstić information content (AvgIpc) is 2.52. The molecular weight excluding hydrogens is 200 g/mol. The second-order valence-electron chi connectivity index (χ2n) is 2.58. The first-order valence-electron chi connectivity index (χ1n) is 4.50. The smallest absolute Gasteiger partial charge is 0.224 e. The fourth-order valence-electron chi connectivity index (χ4n) is 1.13. The third kappa shape index (κ3) is 1.85. The van der Waals surface area contributed by atoms with Crippen molar-refractivity contribution < 1.29 is 0 Å². The normalized spacial score (nSPS) is 9.79. The summed E-state index contributed by atoms with van der Waals surface area (Å²) in [5.74, 6) is 0. The summed E-state index contributed by atoms with van der Waals surface area (Å²) in [6.07, 6.45) is 1.74. The quantitative estimate of drug-likeness (QED) is 0.630. The van der Waals surface area contributed by atoms with E-state index >= 15 is 0 Å². The summed E-state index contributed by atoms with van der Waals surface area (Å²) in [6, 6.07) is 0. The van der Waals surface area contributed by atoms with Crippen molar-refractivity contribution in [2.24, 2.45) is 7.05 Å². The molecule has 76 valence electrons. The van der Waals surface area contributed by atoms with Gasteiger partial charge in [-0.15, -0.1) is 0 Å². The standard InChI is InChI=1S/C7H7ClN4.C2H6/c1-4-5-3-9-12(2)6(5)11-7(8)10-4;1-2/h3H,1-2H3;1-2H3. The van der Waals surface area contributed by atoms with Gasteiger partial charge in [-0.05, 0) is 18.5 Å². The molecule has 0 atom stereocenters. The van der Waals surface area contributed by atoms with Gasteiger partial charge in [0.2, 0.25) is 5.28 Å². The van der Waals surface area contributed by atoms with Gasteiger partial charge < -0.3 is 0 Å².